The normalized spacial score (nSPS) is 15.8. The first kappa shape index (κ1) is 16.8. The summed E-state index contributed by atoms with van der Waals surface area (Å²) in [6.07, 6.45) is 5.41. The van der Waals surface area contributed by atoms with Gasteiger partial charge in [0.05, 0.1) is 13.0 Å². The third-order valence-electron chi connectivity index (χ3n) is 4.34. The molecule has 22 heavy (non-hydrogen) atoms. The number of ether oxygens (including phenoxy) is 1. The van der Waals surface area contributed by atoms with Crippen molar-refractivity contribution in [3.8, 4) is 0 Å². The number of carbonyl (C=O) groups is 1. The molecule has 2 rings (SSSR count). The average molecular weight is 301 g/mol. The van der Waals surface area contributed by atoms with Crippen molar-refractivity contribution in [3.63, 3.8) is 0 Å². The van der Waals surface area contributed by atoms with Crippen molar-refractivity contribution in [1.82, 2.24) is 4.90 Å². The predicted molar refractivity (Wildman–Crippen MR) is 89.8 cm³/mol. The first-order chi connectivity index (χ1) is 10.7. The maximum absolute atomic E-state index is 12.4. The molecule has 0 atom stereocenters. The lowest BCUT2D eigenvalue weighted by atomic mass is 9.97. The highest BCUT2D eigenvalue weighted by atomic mass is 16.5. The molecule has 0 aromatic heterocycles. The van der Waals surface area contributed by atoms with Crippen LogP contribution in [0.2, 0.25) is 0 Å². The number of amides is 1. The molecule has 120 valence electrons. The summed E-state index contributed by atoms with van der Waals surface area (Å²) < 4.78 is 5.51. The van der Waals surface area contributed by atoms with Gasteiger partial charge >= 0.3 is 0 Å². The van der Waals surface area contributed by atoms with E-state index < -0.39 is 0 Å². The summed E-state index contributed by atoms with van der Waals surface area (Å²) in [5, 5.41) is 0. The van der Waals surface area contributed by atoms with Crippen LogP contribution in [0.1, 0.15) is 30.9 Å². The lowest BCUT2D eigenvalue weighted by Crippen LogP contribution is -2.40. The summed E-state index contributed by atoms with van der Waals surface area (Å²) in [4.78, 5) is 14.4. The zero-order valence-corrected chi connectivity index (χ0v) is 13.6. The second-order valence-electron chi connectivity index (χ2n) is 6.00. The monoisotopic (exact) mass is 301 g/mol. The van der Waals surface area contributed by atoms with Crippen LogP contribution in [0.25, 0.3) is 0 Å². The van der Waals surface area contributed by atoms with Crippen LogP contribution < -0.4 is 0 Å². The highest BCUT2D eigenvalue weighted by Gasteiger charge is 2.22. The van der Waals surface area contributed by atoms with Crippen molar-refractivity contribution in [3.05, 3.63) is 48.0 Å². The Morgan fingerprint density at radius 3 is 2.50 bits per heavy atom. The Bertz CT molecular complexity index is 473. The maximum atomic E-state index is 12.4. The lowest BCUT2D eigenvalue weighted by molar-refractivity contribution is -0.132. The van der Waals surface area contributed by atoms with E-state index in [1.165, 1.54) is 5.56 Å². The van der Waals surface area contributed by atoms with Crippen molar-refractivity contribution in [2.75, 3.05) is 26.3 Å². The summed E-state index contributed by atoms with van der Waals surface area (Å²) in [5.74, 6) is 0.822. The van der Waals surface area contributed by atoms with E-state index in [9.17, 15) is 4.79 Å². The van der Waals surface area contributed by atoms with Gasteiger partial charge in [-0.1, -0.05) is 37.3 Å². The van der Waals surface area contributed by atoms with Gasteiger partial charge in [0, 0.05) is 19.7 Å². The zero-order chi connectivity index (χ0) is 15.8. The number of likely N-dealkylation sites (tertiary alicyclic amines) is 1. The molecule has 0 aliphatic carbocycles. The van der Waals surface area contributed by atoms with Crippen LogP contribution in [-0.2, 0) is 22.4 Å². The van der Waals surface area contributed by atoms with Gasteiger partial charge in [-0.05, 0) is 36.3 Å². The zero-order valence-electron chi connectivity index (χ0n) is 13.6. The smallest absolute Gasteiger partial charge is 0.226 e. The van der Waals surface area contributed by atoms with Crippen LogP contribution in [0.3, 0.4) is 0 Å². The molecule has 1 heterocycles. The summed E-state index contributed by atoms with van der Waals surface area (Å²) in [6.45, 7) is 8.91. The molecule has 1 aromatic carbocycles. The van der Waals surface area contributed by atoms with Gasteiger partial charge in [-0.15, -0.1) is 6.58 Å². The molecule has 3 heteroatoms. The fraction of sp³-hybridized carbons (Fsp3) is 0.526. The summed E-state index contributed by atoms with van der Waals surface area (Å²) >= 11 is 0. The minimum atomic E-state index is 0.245. The Balaban J connectivity index is 1.75. The molecule has 1 fully saturated rings. The van der Waals surface area contributed by atoms with Gasteiger partial charge in [-0.2, -0.15) is 0 Å². The maximum Gasteiger partial charge on any atom is 0.226 e. The molecule has 0 saturated carbocycles. The first-order valence-corrected chi connectivity index (χ1v) is 8.27. The van der Waals surface area contributed by atoms with E-state index in [0.717, 1.165) is 44.5 Å². The van der Waals surface area contributed by atoms with Crippen molar-refractivity contribution < 1.29 is 9.53 Å². The molecule has 1 aliphatic heterocycles. The molecule has 0 radical (unpaired) electrons. The lowest BCUT2D eigenvalue weighted by Gasteiger charge is -2.32. The molecular weight excluding hydrogens is 274 g/mol. The van der Waals surface area contributed by atoms with Crippen LogP contribution in [-0.4, -0.2) is 37.1 Å². The minimum Gasteiger partial charge on any atom is -0.377 e. The number of carbonyl (C=O) groups excluding carboxylic acids is 1. The molecular formula is C19H27NO2. The Morgan fingerprint density at radius 1 is 1.27 bits per heavy atom. The fourth-order valence-electron chi connectivity index (χ4n) is 2.85. The van der Waals surface area contributed by atoms with Crippen molar-refractivity contribution in [2.45, 2.75) is 32.6 Å². The second kappa shape index (κ2) is 8.74. The Kier molecular flexibility index (Phi) is 6.66. The van der Waals surface area contributed by atoms with Crippen LogP contribution in [0.15, 0.2) is 36.9 Å². The highest BCUT2D eigenvalue weighted by molar-refractivity contribution is 5.78. The SMILES string of the molecule is C=CCOCC1CCN(C(=O)Cc2ccc(CC)cc2)CC1. The molecule has 1 saturated heterocycles. The Morgan fingerprint density at radius 2 is 1.91 bits per heavy atom. The van der Waals surface area contributed by atoms with E-state index in [0.29, 0.717) is 18.9 Å². The van der Waals surface area contributed by atoms with Gasteiger partial charge in [-0.25, -0.2) is 0 Å². The van der Waals surface area contributed by atoms with Crippen LogP contribution >= 0.6 is 0 Å². The summed E-state index contributed by atoms with van der Waals surface area (Å²) in [5.41, 5.74) is 2.43. The third kappa shape index (κ3) is 4.99. The number of aryl methyl sites for hydroxylation is 1. The second-order valence-corrected chi connectivity index (χ2v) is 6.00. The van der Waals surface area contributed by atoms with Crippen molar-refractivity contribution in [1.29, 1.82) is 0 Å². The van der Waals surface area contributed by atoms with Crippen LogP contribution in [0, 0.1) is 5.92 Å². The van der Waals surface area contributed by atoms with Gasteiger partial charge in [-0.3, -0.25) is 4.79 Å². The van der Waals surface area contributed by atoms with Gasteiger partial charge in [0.25, 0.3) is 0 Å². The number of hydrogen-bond donors (Lipinski definition) is 0. The molecule has 1 aliphatic rings. The van der Waals surface area contributed by atoms with E-state index >= 15 is 0 Å². The van der Waals surface area contributed by atoms with E-state index in [2.05, 4.69) is 37.8 Å². The van der Waals surface area contributed by atoms with Gasteiger partial charge in [0.1, 0.15) is 0 Å². The molecule has 0 bridgehead atoms. The van der Waals surface area contributed by atoms with Gasteiger partial charge < -0.3 is 9.64 Å². The van der Waals surface area contributed by atoms with E-state index in [1.807, 2.05) is 4.90 Å². The topological polar surface area (TPSA) is 29.5 Å². The Labute approximate surface area is 134 Å². The number of nitrogens with zero attached hydrogens (tertiary/aromatic N) is 1. The fourth-order valence-corrected chi connectivity index (χ4v) is 2.85. The van der Waals surface area contributed by atoms with Crippen molar-refractivity contribution >= 4 is 5.91 Å². The number of piperidine rings is 1. The van der Waals surface area contributed by atoms with Crippen LogP contribution in [0.4, 0.5) is 0 Å². The molecule has 1 amide bonds. The van der Waals surface area contributed by atoms with Crippen LogP contribution in [0.5, 0.6) is 0 Å². The first-order valence-electron chi connectivity index (χ1n) is 8.27. The van der Waals surface area contributed by atoms with E-state index in [1.54, 1.807) is 6.08 Å². The highest BCUT2D eigenvalue weighted by Crippen LogP contribution is 2.18. The Hall–Kier alpha value is -1.61. The molecule has 3 nitrogen and oxygen atoms in total. The molecule has 1 aromatic rings. The molecule has 0 unspecified atom stereocenters. The summed E-state index contributed by atoms with van der Waals surface area (Å²) in [6, 6.07) is 8.39. The predicted octanol–water partition coefficient (Wildman–Crippen LogP) is 3.23. The number of benzene rings is 1. The largest absolute Gasteiger partial charge is 0.377 e. The number of rotatable bonds is 7. The molecule has 0 spiro atoms. The van der Waals surface area contributed by atoms with Crippen molar-refractivity contribution in [2.24, 2.45) is 5.92 Å². The summed E-state index contributed by atoms with van der Waals surface area (Å²) in [7, 11) is 0. The quantitative estimate of drug-likeness (QED) is 0.571. The van der Waals surface area contributed by atoms with E-state index in [4.69, 9.17) is 4.74 Å². The molecule has 0 N–H and O–H groups in total. The number of hydrogen-bond acceptors (Lipinski definition) is 2. The van der Waals surface area contributed by atoms with Gasteiger partial charge in [0.15, 0.2) is 0 Å². The van der Waals surface area contributed by atoms with E-state index in [-0.39, 0.29) is 5.91 Å². The standard InChI is InChI=1S/C19H27NO2/c1-3-13-22-15-18-9-11-20(12-10-18)19(21)14-17-7-5-16(4-2)6-8-17/h3,5-8,18H,1,4,9-15H2,2H3. The minimum absolute atomic E-state index is 0.245. The van der Waals surface area contributed by atoms with Gasteiger partial charge in [0.2, 0.25) is 5.91 Å². The average Bonchev–Trinajstić information content (AvgIpc) is 2.56. The third-order valence-corrected chi connectivity index (χ3v) is 4.34.